The third-order valence-electron chi connectivity index (χ3n) is 1.45. The van der Waals surface area contributed by atoms with Crippen molar-refractivity contribution in [3.05, 3.63) is 27.7 Å². The largest absolute Gasteiger partial charge is 0.293 e. The van der Waals surface area contributed by atoms with Crippen molar-refractivity contribution >= 4 is 28.7 Å². The summed E-state index contributed by atoms with van der Waals surface area (Å²) in [6.07, 6.45) is 3.60. The molecule has 2 heterocycles. The first kappa shape index (κ1) is 8.46. The lowest BCUT2D eigenvalue weighted by atomic mass is 10.2. The zero-order chi connectivity index (χ0) is 9.10. The van der Waals surface area contributed by atoms with Crippen molar-refractivity contribution in [2.45, 2.75) is 6.42 Å². The highest BCUT2D eigenvalue weighted by atomic mass is 32.1. The monoisotopic (exact) mass is 211 g/mol. The Labute approximate surface area is 82.4 Å². The second-order valence-corrected chi connectivity index (χ2v) is 4.11. The molecule has 0 spiro atoms. The maximum Gasteiger partial charge on any atom is 0.181 e. The molecule has 0 bridgehead atoms. The molecule has 2 aromatic heterocycles. The fraction of sp³-hybridized carbons (Fsp3) is 0.143. The quantitative estimate of drug-likeness (QED) is 0.720. The molecule has 0 saturated carbocycles. The average molecular weight is 211 g/mol. The van der Waals surface area contributed by atoms with E-state index in [0.717, 1.165) is 16.4 Å². The van der Waals surface area contributed by atoms with Crippen LogP contribution in [0.4, 0.5) is 0 Å². The van der Waals surface area contributed by atoms with E-state index in [-0.39, 0.29) is 5.78 Å². The van der Waals surface area contributed by atoms with Crippen LogP contribution in [-0.4, -0.2) is 20.4 Å². The van der Waals surface area contributed by atoms with Crippen LogP contribution in [0.5, 0.6) is 0 Å². The van der Waals surface area contributed by atoms with Gasteiger partial charge in [-0.1, -0.05) is 4.49 Å². The molecular formula is C7H5N3OS2. The average Bonchev–Trinajstić information content (AvgIpc) is 2.74. The van der Waals surface area contributed by atoms with Crippen LogP contribution in [0.15, 0.2) is 17.9 Å². The number of thiazole rings is 1. The number of hydrogen-bond acceptors (Lipinski definition) is 6. The molecule has 0 radical (unpaired) electrons. The van der Waals surface area contributed by atoms with Crippen molar-refractivity contribution in [2.75, 3.05) is 0 Å². The molecular weight excluding hydrogens is 206 g/mol. The van der Waals surface area contributed by atoms with E-state index in [9.17, 15) is 4.79 Å². The summed E-state index contributed by atoms with van der Waals surface area (Å²) < 4.78 is 3.63. The molecule has 6 heteroatoms. The Morgan fingerprint density at radius 2 is 2.38 bits per heavy atom. The molecule has 4 nitrogen and oxygen atoms in total. The highest BCUT2D eigenvalue weighted by Crippen LogP contribution is 2.11. The van der Waals surface area contributed by atoms with Crippen molar-refractivity contribution in [3.63, 3.8) is 0 Å². The Morgan fingerprint density at radius 3 is 3.00 bits per heavy atom. The summed E-state index contributed by atoms with van der Waals surface area (Å²) in [5, 5.41) is 3.61. The summed E-state index contributed by atoms with van der Waals surface area (Å²) in [6.45, 7) is 0. The molecule has 0 unspecified atom stereocenters. The molecule has 0 amide bonds. The zero-order valence-corrected chi connectivity index (χ0v) is 8.14. The molecule has 0 fully saturated rings. The number of hydrogen-bond donors (Lipinski definition) is 0. The lowest BCUT2D eigenvalue weighted by molar-refractivity contribution is 0.0997. The summed E-state index contributed by atoms with van der Waals surface area (Å²) in [7, 11) is 0. The first-order valence-corrected chi connectivity index (χ1v) is 5.19. The first-order chi connectivity index (χ1) is 6.36. The number of Topliss-reactive ketones (excluding diaryl/α,β-unsaturated/α-hetero) is 1. The van der Waals surface area contributed by atoms with Crippen molar-refractivity contribution in [1.82, 2.24) is 14.6 Å². The Morgan fingerprint density at radius 1 is 1.46 bits per heavy atom. The van der Waals surface area contributed by atoms with E-state index in [1.807, 2.05) is 0 Å². The number of aromatic nitrogens is 3. The second-order valence-electron chi connectivity index (χ2n) is 2.35. The molecule has 2 aromatic rings. The van der Waals surface area contributed by atoms with E-state index >= 15 is 0 Å². The Hall–Kier alpha value is -1.14. The van der Waals surface area contributed by atoms with Gasteiger partial charge in [0.2, 0.25) is 0 Å². The van der Waals surface area contributed by atoms with Gasteiger partial charge in [0.25, 0.3) is 0 Å². The van der Waals surface area contributed by atoms with Crippen LogP contribution >= 0.6 is 22.9 Å². The molecule has 0 aliphatic heterocycles. The highest BCUT2D eigenvalue weighted by Gasteiger charge is 2.09. The molecule has 0 aromatic carbocycles. The third kappa shape index (κ3) is 1.96. The summed E-state index contributed by atoms with van der Waals surface area (Å²) in [4.78, 5) is 17.0. The van der Waals surface area contributed by atoms with Crippen molar-refractivity contribution in [2.24, 2.45) is 0 Å². The minimum Gasteiger partial charge on any atom is -0.293 e. The smallest absolute Gasteiger partial charge is 0.181 e. The number of carbonyl (C=O) groups excluding carboxylic acids is 1. The van der Waals surface area contributed by atoms with Crippen molar-refractivity contribution in [3.8, 4) is 0 Å². The van der Waals surface area contributed by atoms with E-state index in [1.165, 1.54) is 17.5 Å². The van der Waals surface area contributed by atoms with Gasteiger partial charge in [-0.15, -0.1) is 16.4 Å². The van der Waals surface area contributed by atoms with Crippen LogP contribution in [0.25, 0.3) is 0 Å². The normalized spacial score (nSPS) is 10.2. The van der Waals surface area contributed by atoms with E-state index in [1.54, 1.807) is 11.7 Å². The standard InChI is InChI=1S/C7H5N3OS2/c11-6(7-3-9-10-13-7)1-5-2-8-4-12-5/h2-4H,1H2. The van der Waals surface area contributed by atoms with E-state index in [2.05, 4.69) is 14.6 Å². The predicted molar refractivity (Wildman–Crippen MR) is 50.1 cm³/mol. The maximum atomic E-state index is 11.5. The van der Waals surface area contributed by atoms with Gasteiger partial charge in [-0.05, 0) is 11.5 Å². The van der Waals surface area contributed by atoms with Gasteiger partial charge in [0.1, 0.15) is 4.88 Å². The number of ketones is 1. The second kappa shape index (κ2) is 3.71. The lowest BCUT2D eigenvalue weighted by Crippen LogP contribution is -1.99. The van der Waals surface area contributed by atoms with Crippen LogP contribution in [0, 0.1) is 0 Å². The number of carbonyl (C=O) groups is 1. The Kier molecular flexibility index (Phi) is 2.42. The van der Waals surface area contributed by atoms with Gasteiger partial charge in [-0.2, -0.15) is 0 Å². The molecule has 0 N–H and O–H groups in total. The SMILES string of the molecule is O=C(Cc1cncs1)c1cnns1. The molecule has 0 aliphatic carbocycles. The van der Waals surface area contributed by atoms with Gasteiger partial charge in [-0.25, -0.2) is 0 Å². The lowest BCUT2D eigenvalue weighted by Gasteiger charge is -1.90. The summed E-state index contributed by atoms with van der Waals surface area (Å²) in [6, 6.07) is 0. The summed E-state index contributed by atoms with van der Waals surface area (Å²) in [5.41, 5.74) is 1.72. The third-order valence-corrected chi connectivity index (χ3v) is 2.94. The summed E-state index contributed by atoms with van der Waals surface area (Å²) in [5.74, 6) is 0.0549. The maximum absolute atomic E-state index is 11.5. The van der Waals surface area contributed by atoms with Crippen LogP contribution in [0.1, 0.15) is 14.5 Å². The minimum absolute atomic E-state index is 0.0549. The molecule has 2 rings (SSSR count). The van der Waals surface area contributed by atoms with Gasteiger partial charge in [0.15, 0.2) is 5.78 Å². The minimum atomic E-state index is 0.0549. The predicted octanol–water partition coefficient (Wildman–Crippen LogP) is 1.42. The van der Waals surface area contributed by atoms with Crippen molar-refractivity contribution < 1.29 is 4.79 Å². The zero-order valence-electron chi connectivity index (χ0n) is 6.51. The van der Waals surface area contributed by atoms with Gasteiger partial charge < -0.3 is 0 Å². The first-order valence-electron chi connectivity index (χ1n) is 3.54. The number of rotatable bonds is 3. The highest BCUT2D eigenvalue weighted by molar-refractivity contribution is 7.10. The van der Waals surface area contributed by atoms with Crippen LogP contribution in [0.2, 0.25) is 0 Å². The van der Waals surface area contributed by atoms with E-state index in [4.69, 9.17) is 0 Å². The van der Waals surface area contributed by atoms with Gasteiger partial charge >= 0.3 is 0 Å². The summed E-state index contributed by atoms with van der Waals surface area (Å²) >= 11 is 2.61. The fourth-order valence-corrected chi connectivity index (χ4v) is 1.91. The van der Waals surface area contributed by atoms with Crippen LogP contribution in [0.3, 0.4) is 0 Å². The van der Waals surface area contributed by atoms with Crippen LogP contribution in [-0.2, 0) is 6.42 Å². The molecule has 0 aliphatic rings. The van der Waals surface area contributed by atoms with Crippen molar-refractivity contribution in [1.29, 1.82) is 0 Å². The van der Waals surface area contributed by atoms with Gasteiger partial charge in [0, 0.05) is 17.5 Å². The molecule has 13 heavy (non-hydrogen) atoms. The Balaban J connectivity index is 2.08. The van der Waals surface area contributed by atoms with Crippen LogP contribution < -0.4 is 0 Å². The van der Waals surface area contributed by atoms with E-state index < -0.39 is 0 Å². The fourth-order valence-electron chi connectivity index (χ4n) is 0.865. The van der Waals surface area contributed by atoms with Gasteiger partial charge in [0.05, 0.1) is 11.7 Å². The van der Waals surface area contributed by atoms with Gasteiger partial charge in [-0.3, -0.25) is 9.78 Å². The Bertz CT molecular complexity index is 382. The van der Waals surface area contributed by atoms with E-state index in [0.29, 0.717) is 11.3 Å². The molecule has 0 saturated heterocycles. The topological polar surface area (TPSA) is 55.7 Å². The number of nitrogens with zero attached hydrogens (tertiary/aromatic N) is 3. The molecule has 0 atom stereocenters. The molecule has 66 valence electrons.